The third-order valence-electron chi connectivity index (χ3n) is 2.78. The maximum atomic E-state index is 11.9. The number of rotatable bonds is 1. The molecule has 1 aromatic heterocycles. The van der Waals surface area contributed by atoms with Crippen molar-refractivity contribution in [3.05, 3.63) is 28.2 Å². The molecule has 0 bridgehead atoms. The van der Waals surface area contributed by atoms with E-state index in [1.165, 1.54) is 4.57 Å². The van der Waals surface area contributed by atoms with Gasteiger partial charge >= 0.3 is 5.69 Å². The van der Waals surface area contributed by atoms with Crippen LogP contribution in [0.1, 0.15) is 24.2 Å². The van der Waals surface area contributed by atoms with E-state index < -0.39 is 5.69 Å². The maximum Gasteiger partial charge on any atom is 0.333 e. The highest BCUT2D eigenvalue weighted by Gasteiger charge is 2.17. The lowest BCUT2D eigenvalue weighted by Crippen LogP contribution is -2.27. The van der Waals surface area contributed by atoms with Crippen LogP contribution in [0.2, 0.25) is 0 Å². The normalized spacial score (nSPS) is 11.3. The highest BCUT2D eigenvalue weighted by atomic mass is 16.2. The molecule has 3 N–H and O–H groups in total. The van der Waals surface area contributed by atoms with E-state index >= 15 is 0 Å². The Hall–Kier alpha value is -2.04. The Balaban J connectivity index is 2.80. The molecule has 0 amide bonds. The summed E-state index contributed by atoms with van der Waals surface area (Å²) in [7, 11) is 0. The molecular formula is C12H15N3O2. The van der Waals surface area contributed by atoms with E-state index in [4.69, 9.17) is 5.73 Å². The Labute approximate surface area is 98.2 Å². The topological polar surface area (TPSA) is 80.9 Å². The summed E-state index contributed by atoms with van der Waals surface area (Å²) in [5, 5.41) is 0. The second-order valence-corrected chi connectivity index (χ2v) is 4.48. The number of imidazole rings is 1. The lowest BCUT2D eigenvalue weighted by molar-refractivity contribution is 0.0856. The second kappa shape index (κ2) is 3.76. The van der Waals surface area contributed by atoms with Gasteiger partial charge in [-0.3, -0.25) is 4.79 Å². The average Bonchev–Trinajstić information content (AvgIpc) is 2.53. The molecule has 0 fully saturated rings. The van der Waals surface area contributed by atoms with Gasteiger partial charge in [-0.2, -0.15) is 0 Å². The van der Waals surface area contributed by atoms with Gasteiger partial charge in [-0.15, -0.1) is 0 Å². The van der Waals surface area contributed by atoms with E-state index in [0.29, 0.717) is 16.7 Å². The zero-order valence-corrected chi connectivity index (χ0v) is 10.1. The Morgan fingerprint density at radius 2 is 2.06 bits per heavy atom. The van der Waals surface area contributed by atoms with Crippen molar-refractivity contribution in [1.82, 2.24) is 9.55 Å². The van der Waals surface area contributed by atoms with Crippen molar-refractivity contribution < 1.29 is 4.79 Å². The standard InChI is InChI=1S/C12H15N3O2/c1-6(2)11(16)15-10-4-7(3)8(13)5-9(10)14-12(15)17/h4-6H,13H2,1-3H3,(H,14,17). The molecule has 0 saturated carbocycles. The Morgan fingerprint density at radius 1 is 1.41 bits per heavy atom. The van der Waals surface area contributed by atoms with E-state index in [-0.39, 0.29) is 11.8 Å². The van der Waals surface area contributed by atoms with Gasteiger partial charge < -0.3 is 10.7 Å². The van der Waals surface area contributed by atoms with Crippen LogP contribution in [0.4, 0.5) is 5.69 Å². The molecule has 0 aliphatic heterocycles. The number of H-pyrrole nitrogens is 1. The number of nitrogen functional groups attached to an aromatic ring is 1. The van der Waals surface area contributed by atoms with Crippen molar-refractivity contribution in [2.24, 2.45) is 5.92 Å². The molecule has 90 valence electrons. The van der Waals surface area contributed by atoms with Gasteiger partial charge in [0.25, 0.3) is 0 Å². The number of nitrogens with one attached hydrogen (secondary N) is 1. The van der Waals surface area contributed by atoms with Crippen LogP contribution < -0.4 is 11.4 Å². The summed E-state index contributed by atoms with van der Waals surface area (Å²) in [6, 6.07) is 3.43. The van der Waals surface area contributed by atoms with Gasteiger partial charge in [0.2, 0.25) is 5.91 Å². The van der Waals surface area contributed by atoms with Crippen LogP contribution >= 0.6 is 0 Å². The quantitative estimate of drug-likeness (QED) is 0.733. The van der Waals surface area contributed by atoms with Crippen LogP contribution in [0.15, 0.2) is 16.9 Å². The molecule has 0 radical (unpaired) electrons. The summed E-state index contributed by atoms with van der Waals surface area (Å²) < 4.78 is 1.17. The molecule has 17 heavy (non-hydrogen) atoms. The summed E-state index contributed by atoms with van der Waals surface area (Å²) in [6.07, 6.45) is 0. The molecule has 2 aromatic rings. The van der Waals surface area contributed by atoms with Crippen LogP contribution in [0.5, 0.6) is 0 Å². The van der Waals surface area contributed by atoms with Gasteiger partial charge in [-0.05, 0) is 24.6 Å². The third kappa shape index (κ3) is 1.73. The predicted molar refractivity (Wildman–Crippen MR) is 67.2 cm³/mol. The van der Waals surface area contributed by atoms with Crippen molar-refractivity contribution in [2.45, 2.75) is 20.8 Å². The fraction of sp³-hybridized carbons (Fsp3) is 0.333. The van der Waals surface area contributed by atoms with E-state index in [1.807, 2.05) is 6.92 Å². The number of fused-ring (bicyclic) bond motifs is 1. The number of hydrogen-bond acceptors (Lipinski definition) is 3. The number of anilines is 1. The van der Waals surface area contributed by atoms with E-state index in [2.05, 4.69) is 4.98 Å². The third-order valence-corrected chi connectivity index (χ3v) is 2.78. The lowest BCUT2D eigenvalue weighted by atomic mass is 10.1. The Bertz CT molecular complexity index is 650. The SMILES string of the molecule is Cc1cc2c(cc1N)[nH]c(=O)n2C(=O)C(C)C. The average molecular weight is 233 g/mol. The first kappa shape index (κ1) is 11.4. The van der Waals surface area contributed by atoms with Crippen molar-refractivity contribution in [1.29, 1.82) is 0 Å². The number of carbonyl (C=O) groups is 1. The first-order chi connectivity index (χ1) is 7.91. The summed E-state index contributed by atoms with van der Waals surface area (Å²) in [5.74, 6) is -0.449. The van der Waals surface area contributed by atoms with Gasteiger partial charge in [-0.1, -0.05) is 13.8 Å². The number of benzene rings is 1. The molecule has 5 heteroatoms. The first-order valence-electron chi connectivity index (χ1n) is 5.47. The summed E-state index contributed by atoms with van der Waals surface area (Å²) >= 11 is 0. The van der Waals surface area contributed by atoms with Gasteiger partial charge in [0.1, 0.15) is 0 Å². The molecule has 0 spiro atoms. The lowest BCUT2D eigenvalue weighted by Gasteiger charge is -2.06. The summed E-state index contributed by atoms with van der Waals surface area (Å²) in [6.45, 7) is 5.37. The fourth-order valence-corrected chi connectivity index (χ4v) is 1.75. The number of nitrogens with two attached hydrogens (primary N) is 1. The minimum atomic E-state index is -0.413. The monoisotopic (exact) mass is 233 g/mol. The van der Waals surface area contributed by atoms with Crippen molar-refractivity contribution in [2.75, 3.05) is 5.73 Å². The first-order valence-corrected chi connectivity index (χ1v) is 5.47. The largest absolute Gasteiger partial charge is 0.398 e. The number of aromatic amines is 1. The van der Waals surface area contributed by atoms with Crippen molar-refractivity contribution >= 4 is 22.6 Å². The minimum Gasteiger partial charge on any atom is -0.398 e. The van der Waals surface area contributed by atoms with Crippen LogP contribution in [0.25, 0.3) is 11.0 Å². The molecule has 1 heterocycles. The van der Waals surface area contributed by atoms with Gasteiger partial charge in [-0.25, -0.2) is 9.36 Å². The maximum absolute atomic E-state index is 11.9. The Kier molecular flexibility index (Phi) is 2.53. The molecule has 1 aromatic carbocycles. The minimum absolute atomic E-state index is 0.217. The number of nitrogens with zero attached hydrogens (tertiary/aromatic N) is 1. The van der Waals surface area contributed by atoms with Crippen LogP contribution in [-0.2, 0) is 0 Å². The Morgan fingerprint density at radius 3 is 2.65 bits per heavy atom. The smallest absolute Gasteiger partial charge is 0.333 e. The molecule has 0 saturated heterocycles. The number of aryl methyl sites for hydroxylation is 1. The molecule has 0 atom stereocenters. The highest BCUT2D eigenvalue weighted by Crippen LogP contribution is 2.19. The molecule has 0 aliphatic rings. The van der Waals surface area contributed by atoms with Gasteiger partial charge in [0, 0.05) is 11.6 Å². The molecule has 2 rings (SSSR count). The van der Waals surface area contributed by atoms with E-state index in [1.54, 1.807) is 26.0 Å². The molecule has 5 nitrogen and oxygen atoms in total. The van der Waals surface area contributed by atoms with Crippen molar-refractivity contribution in [3.63, 3.8) is 0 Å². The van der Waals surface area contributed by atoms with Crippen LogP contribution in [0.3, 0.4) is 0 Å². The molecular weight excluding hydrogens is 218 g/mol. The number of hydrogen-bond donors (Lipinski definition) is 2. The highest BCUT2D eigenvalue weighted by molar-refractivity contribution is 5.92. The fourth-order valence-electron chi connectivity index (χ4n) is 1.75. The van der Waals surface area contributed by atoms with Crippen LogP contribution in [0, 0.1) is 12.8 Å². The van der Waals surface area contributed by atoms with Gasteiger partial charge in [0.05, 0.1) is 11.0 Å². The molecule has 0 unspecified atom stereocenters. The second-order valence-electron chi connectivity index (χ2n) is 4.48. The zero-order valence-electron chi connectivity index (χ0n) is 10.1. The number of carbonyl (C=O) groups excluding carboxylic acids is 1. The zero-order chi connectivity index (χ0) is 12.7. The van der Waals surface area contributed by atoms with E-state index in [9.17, 15) is 9.59 Å². The summed E-state index contributed by atoms with van der Waals surface area (Å²) in [4.78, 5) is 26.3. The van der Waals surface area contributed by atoms with Gasteiger partial charge in [0.15, 0.2) is 0 Å². The number of aromatic nitrogens is 2. The molecule has 0 aliphatic carbocycles. The van der Waals surface area contributed by atoms with E-state index in [0.717, 1.165) is 5.56 Å². The summed E-state index contributed by atoms with van der Waals surface area (Å²) in [5.41, 5.74) is 7.97. The predicted octanol–water partition coefficient (Wildman–Crippen LogP) is 1.52. The van der Waals surface area contributed by atoms with Crippen molar-refractivity contribution in [3.8, 4) is 0 Å². The van der Waals surface area contributed by atoms with Crippen LogP contribution in [-0.4, -0.2) is 15.5 Å².